The van der Waals surface area contributed by atoms with E-state index in [4.69, 9.17) is 9.47 Å². The van der Waals surface area contributed by atoms with Gasteiger partial charge in [0.05, 0.1) is 13.2 Å². The molecule has 2 aliphatic rings. The summed E-state index contributed by atoms with van der Waals surface area (Å²) in [5.74, 6) is 4.77. The summed E-state index contributed by atoms with van der Waals surface area (Å²) in [6, 6.07) is 9.34. The Bertz CT molecular complexity index is 902. The van der Waals surface area contributed by atoms with Crippen LogP contribution >= 0.6 is 0 Å². The Morgan fingerprint density at radius 1 is 1.16 bits per heavy atom. The lowest BCUT2D eigenvalue weighted by molar-refractivity contribution is -0.145. The zero-order valence-corrected chi connectivity index (χ0v) is 17.8. The van der Waals surface area contributed by atoms with Gasteiger partial charge in [0.2, 0.25) is 0 Å². The quantitative estimate of drug-likeness (QED) is 0.453. The topological polar surface area (TPSA) is 64.6 Å². The molecule has 1 heterocycles. The van der Waals surface area contributed by atoms with E-state index in [0.29, 0.717) is 26.1 Å². The van der Waals surface area contributed by atoms with E-state index < -0.39 is 0 Å². The maximum Gasteiger partial charge on any atom is 0.334 e. The summed E-state index contributed by atoms with van der Waals surface area (Å²) in [7, 11) is 0. The van der Waals surface area contributed by atoms with Crippen LogP contribution in [0.3, 0.4) is 0 Å². The first-order valence-corrected chi connectivity index (χ1v) is 10.9. The highest BCUT2D eigenvalue weighted by Gasteiger charge is 2.22. The number of benzene rings is 1. The van der Waals surface area contributed by atoms with Crippen LogP contribution in [-0.2, 0) is 19.1 Å². The van der Waals surface area contributed by atoms with E-state index in [1.807, 2.05) is 36.4 Å². The Balaban J connectivity index is 1.55. The minimum Gasteiger partial charge on any atom is -0.459 e. The van der Waals surface area contributed by atoms with Gasteiger partial charge in [-0.3, -0.25) is 4.79 Å². The van der Waals surface area contributed by atoms with Crippen molar-refractivity contribution in [3.63, 3.8) is 0 Å². The van der Waals surface area contributed by atoms with Crippen molar-refractivity contribution in [2.75, 3.05) is 13.2 Å². The number of carbonyl (C=O) groups is 2. The number of carbonyl (C=O) groups excluding carboxylic acids is 2. The summed E-state index contributed by atoms with van der Waals surface area (Å²) in [6.07, 6.45) is 12.9. The van der Waals surface area contributed by atoms with Gasteiger partial charge in [0.1, 0.15) is 6.10 Å². The molecule has 1 aliphatic heterocycles. The van der Waals surface area contributed by atoms with Gasteiger partial charge < -0.3 is 14.8 Å². The molecule has 1 aromatic rings. The van der Waals surface area contributed by atoms with Crippen LogP contribution in [0.15, 0.2) is 65.9 Å². The third kappa shape index (κ3) is 7.92. The molecule has 1 N–H and O–H groups in total. The molecule has 0 radical (unpaired) electrons. The fourth-order valence-corrected chi connectivity index (χ4v) is 3.59. The number of amides is 1. The van der Waals surface area contributed by atoms with Crippen molar-refractivity contribution in [2.45, 2.75) is 51.0 Å². The number of allylic oxidation sites excluding steroid dienone is 2. The number of esters is 1. The van der Waals surface area contributed by atoms with Crippen LogP contribution in [0.2, 0.25) is 0 Å². The maximum atomic E-state index is 12.8. The van der Waals surface area contributed by atoms with E-state index in [2.05, 4.69) is 23.2 Å². The molecule has 5 heteroatoms. The molecule has 3 rings (SSSR count). The lowest BCUT2D eigenvalue weighted by Crippen LogP contribution is -2.23. The van der Waals surface area contributed by atoms with Crippen molar-refractivity contribution >= 4 is 11.9 Å². The second-order valence-electron chi connectivity index (χ2n) is 7.58. The minimum atomic E-state index is -0.386. The van der Waals surface area contributed by atoms with Crippen LogP contribution in [-0.4, -0.2) is 31.2 Å². The van der Waals surface area contributed by atoms with E-state index in [1.165, 1.54) is 5.57 Å². The molecule has 0 saturated carbocycles. The van der Waals surface area contributed by atoms with Crippen LogP contribution in [0.5, 0.6) is 0 Å². The predicted octanol–water partition coefficient (Wildman–Crippen LogP) is 4.21. The number of nitrogens with one attached hydrogen (secondary N) is 1. The van der Waals surface area contributed by atoms with E-state index >= 15 is 0 Å². The molecule has 31 heavy (non-hydrogen) atoms. The number of cyclic esters (lactones) is 1. The number of rotatable bonds is 3. The Hall–Kier alpha value is -3.10. The molecular formula is C26H29NO4. The third-order valence-electron chi connectivity index (χ3n) is 5.26. The Morgan fingerprint density at radius 2 is 2.00 bits per heavy atom. The average molecular weight is 420 g/mol. The second kappa shape index (κ2) is 12.6. The second-order valence-corrected chi connectivity index (χ2v) is 7.58. The van der Waals surface area contributed by atoms with E-state index in [9.17, 15) is 9.59 Å². The highest BCUT2D eigenvalue weighted by molar-refractivity contribution is 5.94. The van der Waals surface area contributed by atoms with Crippen molar-refractivity contribution in [1.82, 2.24) is 5.32 Å². The van der Waals surface area contributed by atoms with Crippen LogP contribution in [0, 0.1) is 11.8 Å². The zero-order valence-electron chi connectivity index (χ0n) is 17.8. The normalized spacial score (nSPS) is 21.0. The van der Waals surface area contributed by atoms with Crippen molar-refractivity contribution in [1.29, 1.82) is 0 Å². The molecule has 0 saturated heterocycles. The molecule has 0 unspecified atom stereocenters. The first-order chi connectivity index (χ1) is 15.2. The molecule has 5 nitrogen and oxygen atoms in total. The molecule has 0 aromatic heterocycles. The van der Waals surface area contributed by atoms with Crippen LogP contribution in [0.25, 0.3) is 0 Å². The molecule has 1 aliphatic carbocycles. The molecular weight excluding hydrogens is 390 g/mol. The predicted molar refractivity (Wildman–Crippen MR) is 120 cm³/mol. The highest BCUT2D eigenvalue weighted by Crippen LogP contribution is 2.29. The van der Waals surface area contributed by atoms with Crippen molar-refractivity contribution in [3.8, 4) is 11.8 Å². The van der Waals surface area contributed by atoms with Crippen molar-refractivity contribution in [2.24, 2.45) is 0 Å². The van der Waals surface area contributed by atoms with Gasteiger partial charge in [-0.25, -0.2) is 4.79 Å². The van der Waals surface area contributed by atoms with E-state index in [-0.39, 0.29) is 18.0 Å². The van der Waals surface area contributed by atoms with E-state index in [0.717, 1.165) is 43.2 Å². The smallest absolute Gasteiger partial charge is 0.334 e. The lowest BCUT2D eigenvalue weighted by Gasteiger charge is -2.22. The van der Waals surface area contributed by atoms with Crippen LogP contribution in [0.4, 0.5) is 0 Å². The summed E-state index contributed by atoms with van der Waals surface area (Å²) < 4.78 is 11.4. The van der Waals surface area contributed by atoms with Gasteiger partial charge in [-0.15, -0.1) is 0 Å². The lowest BCUT2D eigenvalue weighted by atomic mass is 9.89. The summed E-state index contributed by atoms with van der Waals surface area (Å²) in [6.45, 7) is 1.08. The fourth-order valence-electron chi connectivity index (χ4n) is 3.59. The first-order valence-electron chi connectivity index (χ1n) is 10.9. The summed E-state index contributed by atoms with van der Waals surface area (Å²) in [5, 5.41) is 2.63. The molecule has 0 bridgehead atoms. The zero-order chi connectivity index (χ0) is 21.7. The van der Waals surface area contributed by atoms with Gasteiger partial charge >= 0.3 is 5.97 Å². The van der Waals surface area contributed by atoms with Gasteiger partial charge in [-0.1, -0.05) is 47.9 Å². The Morgan fingerprint density at radius 3 is 2.87 bits per heavy atom. The van der Waals surface area contributed by atoms with E-state index in [1.54, 1.807) is 12.3 Å². The molecule has 1 aromatic carbocycles. The molecule has 0 fully saturated rings. The van der Waals surface area contributed by atoms with Gasteiger partial charge in [0, 0.05) is 36.1 Å². The monoisotopic (exact) mass is 419 g/mol. The largest absolute Gasteiger partial charge is 0.459 e. The maximum absolute atomic E-state index is 12.8. The molecule has 0 spiro atoms. The number of ether oxygens (including phenoxy) is 2. The van der Waals surface area contributed by atoms with Gasteiger partial charge in [-0.2, -0.15) is 0 Å². The summed E-state index contributed by atoms with van der Waals surface area (Å²) in [5.41, 5.74) is 2.82. The van der Waals surface area contributed by atoms with Gasteiger partial charge in [0.25, 0.3) is 5.91 Å². The third-order valence-corrected chi connectivity index (χ3v) is 5.26. The van der Waals surface area contributed by atoms with Crippen molar-refractivity contribution in [3.05, 3.63) is 71.5 Å². The fraction of sp³-hybridized carbons (Fsp3) is 0.385. The average Bonchev–Trinajstić information content (AvgIpc) is 2.79. The number of hydrogen-bond donors (Lipinski definition) is 1. The highest BCUT2D eigenvalue weighted by atomic mass is 16.5. The van der Waals surface area contributed by atoms with Crippen molar-refractivity contribution < 1.29 is 19.1 Å². The standard InChI is InChI=1S/C26H29NO4/c28-25(16-15-21-9-2-1-3-10-21)27-18-8-13-23-17-20-30-19-7-6-12-22-11-4-5-14-24(22)26(29)31-23/h1-3,6-10,18,23H,4-5,11-14,17,19-20H2,(H,27,28)/b7-6+,18-8+/t23-/m0/s1. The van der Waals surface area contributed by atoms with Crippen LogP contribution < -0.4 is 5.32 Å². The SMILES string of the molecule is O=C(C#Cc1ccccc1)N/C=C/C[C@H]1CCOC/C=C/CC2=C(CCCC2)C(=O)O1. The Labute approximate surface area is 184 Å². The molecule has 1 amide bonds. The Kier molecular flexibility index (Phi) is 9.15. The minimum absolute atomic E-state index is 0.208. The summed E-state index contributed by atoms with van der Waals surface area (Å²) in [4.78, 5) is 24.7. The van der Waals surface area contributed by atoms with Gasteiger partial charge in [-0.05, 0) is 44.2 Å². The number of hydrogen-bond acceptors (Lipinski definition) is 4. The first kappa shape index (κ1) is 22.6. The van der Waals surface area contributed by atoms with Crippen LogP contribution in [0.1, 0.15) is 50.5 Å². The molecule has 1 atom stereocenters. The molecule has 162 valence electrons. The summed E-state index contributed by atoms with van der Waals surface area (Å²) >= 11 is 0. The van der Waals surface area contributed by atoms with Gasteiger partial charge in [0.15, 0.2) is 0 Å².